The molecule has 252 valence electrons. The fourth-order valence-electron chi connectivity index (χ4n) is 12.2. The highest BCUT2D eigenvalue weighted by Gasteiger charge is 2.69. The molecule has 0 aliphatic heterocycles. The van der Waals surface area contributed by atoms with Gasteiger partial charge in [-0.2, -0.15) is 0 Å². The van der Waals surface area contributed by atoms with Crippen molar-refractivity contribution in [2.45, 2.75) is 112 Å². The second-order valence-electron chi connectivity index (χ2n) is 17.2. The lowest BCUT2D eigenvalue weighted by Gasteiger charge is -2.71. The van der Waals surface area contributed by atoms with Crippen LogP contribution in [0.3, 0.4) is 0 Å². The Morgan fingerprint density at radius 2 is 1.67 bits per heavy atom. The number of phenols is 1. The molecule has 0 amide bonds. The Kier molecular flexibility index (Phi) is 8.04. The lowest BCUT2D eigenvalue weighted by molar-refractivity contribution is -0.213. The van der Waals surface area contributed by atoms with Crippen LogP contribution in [0.15, 0.2) is 35.9 Å². The molecule has 46 heavy (non-hydrogen) atoms. The van der Waals surface area contributed by atoms with E-state index in [-0.39, 0.29) is 45.4 Å². The van der Waals surface area contributed by atoms with Crippen LogP contribution >= 0.6 is 0 Å². The number of benzene rings is 1. The Labute approximate surface area is 276 Å². The van der Waals surface area contributed by atoms with Gasteiger partial charge < -0.3 is 19.7 Å². The van der Waals surface area contributed by atoms with Gasteiger partial charge in [0.25, 0.3) is 0 Å². The summed E-state index contributed by atoms with van der Waals surface area (Å²) in [4.78, 5) is 26.1. The average Bonchev–Trinajstić information content (AvgIpc) is 3.00. The Hall–Kier alpha value is -2.76. The van der Waals surface area contributed by atoms with Crippen molar-refractivity contribution in [3.63, 3.8) is 0 Å². The maximum atomic E-state index is 13.1. The molecule has 5 aliphatic rings. The van der Waals surface area contributed by atoms with Crippen LogP contribution in [0.2, 0.25) is 0 Å². The van der Waals surface area contributed by atoms with Gasteiger partial charge in [0.05, 0.1) is 12.5 Å². The van der Waals surface area contributed by atoms with Crippen molar-refractivity contribution >= 4 is 18.0 Å². The molecule has 6 heteroatoms. The Morgan fingerprint density at radius 1 is 0.935 bits per heavy atom. The molecule has 0 saturated heterocycles. The van der Waals surface area contributed by atoms with E-state index < -0.39 is 11.4 Å². The summed E-state index contributed by atoms with van der Waals surface area (Å²) in [5, 5.41) is 20.6. The summed E-state index contributed by atoms with van der Waals surface area (Å²) in [6.45, 7) is 16.9. The van der Waals surface area contributed by atoms with Crippen molar-refractivity contribution in [2.75, 3.05) is 7.11 Å². The van der Waals surface area contributed by atoms with Crippen LogP contribution in [0.1, 0.15) is 112 Å². The summed E-state index contributed by atoms with van der Waals surface area (Å²) in [6, 6.07) is 4.99. The molecule has 1 unspecified atom stereocenters. The van der Waals surface area contributed by atoms with Crippen molar-refractivity contribution in [3.05, 3.63) is 41.5 Å². The average molecular weight is 633 g/mol. The van der Waals surface area contributed by atoms with Crippen LogP contribution in [-0.4, -0.2) is 35.4 Å². The molecule has 0 bridgehead atoms. The molecule has 4 saturated carbocycles. The van der Waals surface area contributed by atoms with Gasteiger partial charge in [-0.25, -0.2) is 4.79 Å². The molecule has 4 fully saturated rings. The summed E-state index contributed by atoms with van der Waals surface area (Å²) in [5.74, 6) is 1.47. The number of fused-ring (bicyclic) bond motifs is 7. The fraction of sp³-hybridized carbons (Fsp3) is 0.700. The lowest BCUT2D eigenvalue weighted by atomic mass is 9.33. The number of hydrogen-bond acceptors (Lipinski definition) is 5. The minimum absolute atomic E-state index is 0.00596. The van der Waals surface area contributed by atoms with Crippen molar-refractivity contribution in [1.29, 1.82) is 0 Å². The summed E-state index contributed by atoms with van der Waals surface area (Å²) in [7, 11) is 1.50. The molecule has 0 spiro atoms. The first-order chi connectivity index (χ1) is 21.5. The van der Waals surface area contributed by atoms with Gasteiger partial charge in [0, 0.05) is 11.5 Å². The summed E-state index contributed by atoms with van der Waals surface area (Å²) >= 11 is 0. The van der Waals surface area contributed by atoms with Crippen LogP contribution in [0.25, 0.3) is 6.08 Å². The van der Waals surface area contributed by atoms with E-state index in [1.54, 1.807) is 24.3 Å². The standard InChI is InChI=1S/C40H56O6/c1-24-15-20-40(35(43)44)22-21-38(6)27(34(40)25(24)2)11-13-31-37(5)18-17-32(36(3,4)30(37)16-19-39(31,38)7)46-33(42)14-10-26-9-12-28(41)29(23-26)45-8/h9-12,14,23-25,30-32,34,41H,13,15-22H2,1-8H3,(H,43,44)/t24-,25+,30?,31-,32+,34+,37+,38-,39-,40+/m1/s1. The van der Waals surface area contributed by atoms with E-state index in [0.29, 0.717) is 29.4 Å². The topological polar surface area (TPSA) is 93.1 Å². The van der Waals surface area contributed by atoms with E-state index in [0.717, 1.165) is 63.4 Å². The van der Waals surface area contributed by atoms with Gasteiger partial charge in [-0.3, -0.25) is 4.79 Å². The first-order valence-corrected chi connectivity index (χ1v) is 17.7. The van der Waals surface area contributed by atoms with E-state index in [1.165, 1.54) is 18.8 Å². The molecular formula is C40H56O6. The zero-order valence-electron chi connectivity index (χ0n) is 29.3. The predicted molar refractivity (Wildman–Crippen MR) is 180 cm³/mol. The SMILES string of the molecule is COc1cc(C=CC(=O)O[C@H]2CC[C@@]3(C)C(CC[C@]4(C)[C@@H]3CC=C3[C@@H]5[C@@H](C)[C@H](C)CC[C@]5(C(=O)O)CC[C@]34C)C2(C)C)ccc1O. The van der Waals surface area contributed by atoms with E-state index >= 15 is 0 Å². The maximum Gasteiger partial charge on any atom is 0.331 e. The quantitative estimate of drug-likeness (QED) is 0.191. The molecule has 2 N–H and O–H groups in total. The van der Waals surface area contributed by atoms with Crippen molar-refractivity contribution in [2.24, 2.45) is 56.7 Å². The molecule has 0 radical (unpaired) electrons. The van der Waals surface area contributed by atoms with E-state index in [1.807, 2.05) is 0 Å². The normalized spacial score (nSPS) is 42.9. The first kappa shape index (κ1) is 33.2. The number of phenolic OH excluding ortho intramolecular Hbond substituents is 1. The molecule has 10 atom stereocenters. The number of carbonyl (C=O) groups excluding carboxylic acids is 1. The van der Waals surface area contributed by atoms with Gasteiger partial charge >= 0.3 is 11.9 Å². The van der Waals surface area contributed by atoms with Crippen molar-refractivity contribution in [1.82, 2.24) is 0 Å². The van der Waals surface area contributed by atoms with Crippen LogP contribution in [0, 0.1) is 56.7 Å². The highest BCUT2D eigenvalue weighted by atomic mass is 16.5. The third-order valence-corrected chi connectivity index (χ3v) is 15.2. The van der Waals surface area contributed by atoms with Gasteiger partial charge in [-0.15, -0.1) is 0 Å². The number of carboxylic acids is 1. The second-order valence-corrected chi connectivity index (χ2v) is 17.2. The number of carboxylic acid groups (broad SMARTS) is 1. The number of aliphatic carboxylic acids is 1. The van der Waals surface area contributed by atoms with Crippen LogP contribution in [-0.2, 0) is 14.3 Å². The monoisotopic (exact) mass is 632 g/mol. The zero-order chi connectivity index (χ0) is 33.4. The molecule has 1 aromatic carbocycles. The highest BCUT2D eigenvalue weighted by molar-refractivity contribution is 5.87. The number of ether oxygens (including phenoxy) is 2. The number of methoxy groups -OCH3 is 1. The van der Waals surface area contributed by atoms with Gasteiger partial charge in [-0.1, -0.05) is 66.2 Å². The number of esters is 1. The largest absolute Gasteiger partial charge is 0.504 e. The predicted octanol–water partition coefficient (Wildman–Crippen LogP) is 9.07. The second kappa shape index (κ2) is 11.2. The van der Waals surface area contributed by atoms with Gasteiger partial charge in [0.15, 0.2) is 11.5 Å². The van der Waals surface area contributed by atoms with Gasteiger partial charge in [0.2, 0.25) is 0 Å². The molecular weight excluding hydrogens is 576 g/mol. The van der Waals surface area contributed by atoms with E-state index in [4.69, 9.17) is 9.47 Å². The number of carbonyl (C=O) groups is 2. The minimum Gasteiger partial charge on any atom is -0.504 e. The number of rotatable bonds is 5. The first-order valence-electron chi connectivity index (χ1n) is 17.7. The third-order valence-electron chi connectivity index (χ3n) is 15.2. The lowest BCUT2D eigenvalue weighted by Crippen LogP contribution is -2.65. The highest BCUT2D eigenvalue weighted by Crippen LogP contribution is 2.75. The van der Waals surface area contributed by atoms with Crippen LogP contribution < -0.4 is 4.74 Å². The van der Waals surface area contributed by atoms with E-state index in [2.05, 4.69) is 54.5 Å². The summed E-state index contributed by atoms with van der Waals surface area (Å²) in [6.07, 6.45) is 14.2. The molecule has 0 heterocycles. The van der Waals surface area contributed by atoms with Crippen LogP contribution in [0.4, 0.5) is 0 Å². The summed E-state index contributed by atoms with van der Waals surface area (Å²) < 4.78 is 11.4. The fourth-order valence-corrected chi connectivity index (χ4v) is 12.2. The van der Waals surface area contributed by atoms with Crippen molar-refractivity contribution in [3.8, 4) is 11.5 Å². The molecule has 6 nitrogen and oxygen atoms in total. The summed E-state index contributed by atoms with van der Waals surface area (Å²) in [5.41, 5.74) is 1.63. The molecule has 6 rings (SSSR count). The molecule has 1 aromatic rings. The molecule has 0 aromatic heterocycles. The van der Waals surface area contributed by atoms with Gasteiger partial charge in [-0.05, 0) is 127 Å². The third kappa shape index (κ3) is 4.62. The Morgan fingerprint density at radius 3 is 2.37 bits per heavy atom. The number of allylic oxidation sites excluding steroid dienone is 2. The van der Waals surface area contributed by atoms with Gasteiger partial charge in [0.1, 0.15) is 6.10 Å². The Balaban J connectivity index is 1.25. The smallest absolute Gasteiger partial charge is 0.331 e. The number of aromatic hydroxyl groups is 1. The van der Waals surface area contributed by atoms with E-state index in [9.17, 15) is 19.8 Å². The van der Waals surface area contributed by atoms with Crippen LogP contribution in [0.5, 0.6) is 11.5 Å². The zero-order valence-corrected chi connectivity index (χ0v) is 29.3. The maximum absolute atomic E-state index is 13.1. The minimum atomic E-state index is -0.617. The number of hydrogen-bond donors (Lipinski definition) is 2. The Bertz CT molecular complexity index is 1460. The van der Waals surface area contributed by atoms with Crippen molar-refractivity contribution < 1.29 is 29.3 Å². The molecule has 5 aliphatic carbocycles.